The van der Waals surface area contributed by atoms with Gasteiger partial charge in [-0.3, -0.25) is 14.7 Å². The lowest BCUT2D eigenvalue weighted by atomic mass is 10.1. The van der Waals surface area contributed by atoms with Gasteiger partial charge in [-0.15, -0.1) is 0 Å². The minimum Gasteiger partial charge on any atom is -0.475 e. The summed E-state index contributed by atoms with van der Waals surface area (Å²) >= 11 is 0. The molecule has 210 valence electrons. The van der Waals surface area contributed by atoms with Gasteiger partial charge in [-0.2, -0.15) is 18.3 Å². The Kier molecular flexibility index (Phi) is 9.80. The number of aromatic nitrogens is 2. The molecule has 39 heavy (non-hydrogen) atoms. The predicted molar refractivity (Wildman–Crippen MR) is 130 cm³/mol. The van der Waals surface area contributed by atoms with E-state index in [1.807, 2.05) is 0 Å². The van der Waals surface area contributed by atoms with E-state index in [4.69, 9.17) is 20.2 Å². The number of aliphatic carboxylic acids is 1. The Hall–Kier alpha value is -4.00. The minimum absolute atomic E-state index is 0.00330. The molecule has 0 saturated carbocycles. The van der Waals surface area contributed by atoms with E-state index in [2.05, 4.69) is 16.9 Å². The normalized spacial score (nSPS) is 12.9. The molecule has 3 rings (SSSR count). The van der Waals surface area contributed by atoms with Gasteiger partial charge in [0, 0.05) is 24.6 Å². The van der Waals surface area contributed by atoms with Crippen LogP contribution < -0.4 is 5.48 Å². The number of hydrogen-bond acceptors (Lipinski definition) is 7. The molecule has 0 saturated heterocycles. The summed E-state index contributed by atoms with van der Waals surface area (Å²) in [6.07, 6.45) is -2.93. The smallest absolute Gasteiger partial charge is 0.475 e. The number of hydrogen-bond donors (Lipinski definition) is 4. The second kappa shape index (κ2) is 12.2. The number of carbonyl (C=O) groups excluding carboxylic acids is 1. The van der Waals surface area contributed by atoms with Crippen LogP contribution in [-0.4, -0.2) is 62.7 Å². The van der Waals surface area contributed by atoms with Crippen molar-refractivity contribution in [3.05, 3.63) is 65.1 Å². The lowest BCUT2D eigenvalue weighted by Crippen LogP contribution is -2.49. The summed E-state index contributed by atoms with van der Waals surface area (Å²) in [4.78, 5) is 20.8. The Morgan fingerprint density at radius 3 is 2.18 bits per heavy atom. The lowest BCUT2D eigenvalue weighted by Gasteiger charge is -2.24. The topological polar surface area (TPSA) is 159 Å². The second-order valence-electron chi connectivity index (χ2n) is 8.35. The number of aryl methyl sites for hydroxylation is 1. The number of aliphatic hydroxyl groups is 1. The van der Waals surface area contributed by atoms with Gasteiger partial charge in [-0.1, -0.05) is 24.0 Å². The number of carboxylic acid groups (broad SMARTS) is 1. The van der Waals surface area contributed by atoms with Crippen LogP contribution in [-0.2, 0) is 32.6 Å². The first-order chi connectivity index (χ1) is 18.0. The molecule has 0 aliphatic rings. The molecular weight excluding hydrogens is 550 g/mol. The van der Waals surface area contributed by atoms with Crippen molar-refractivity contribution < 1.29 is 51.0 Å². The molecule has 15 heteroatoms. The van der Waals surface area contributed by atoms with Gasteiger partial charge >= 0.3 is 12.1 Å². The van der Waals surface area contributed by atoms with E-state index >= 15 is 0 Å². The molecule has 10 nitrogen and oxygen atoms in total. The molecule has 1 amide bonds. The summed E-state index contributed by atoms with van der Waals surface area (Å²) in [5.74, 6) is 1.29. The van der Waals surface area contributed by atoms with Gasteiger partial charge in [-0.05, 0) is 43.2 Å². The van der Waals surface area contributed by atoms with Crippen LogP contribution in [0, 0.1) is 17.7 Å². The fraction of sp³-hybridized carbons (Fsp3) is 0.292. The summed E-state index contributed by atoms with van der Waals surface area (Å²) in [5, 5.41) is 29.6. The Morgan fingerprint density at radius 2 is 1.69 bits per heavy atom. The van der Waals surface area contributed by atoms with E-state index in [9.17, 15) is 30.8 Å². The number of carbonyl (C=O) groups is 2. The van der Waals surface area contributed by atoms with Gasteiger partial charge in [0.05, 0.1) is 23.1 Å². The molecule has 1 aromatic heterocycles. The lowest BCUT2D eigenvalue weighted by molar-refractivity contribution is -0.192. The number of nitrogens with one attached hydrogen (secondary N) is 1. The van der Waals surface area contributed by atoms with Crippen molar-refractivity contribution in [1.82, 2.24) is 15.3 Å². The van der Waals surface area contributed by atoms with E-state index in [1.165, 1.54) is 29.3 Å². The molecule has 0 bridgehead atoms. The van der Waals surface area contributed by atoms with Gasteiger partial charge in [-0.25, -0.2) is 23.1 Å². The molecule has 4 N–H and O–H groups in total. The Morgan fingerprint density at radius 1 is 1.10 bits per heavy atom. The fourth-order valence-electron chi connectivity index (χ4n) is 3.07. The number of carboxylic acids is 1. The van der Waals surface area contributed by atoms with Crippen LogP contribution in [0.5, 0.6) is 0 Å². The number of halogens is 4. The van der Waals surface area contributed by atoms with Gasteiger partial charge < -0.3 is 10.2 Å². The summed E-state index contributed by atoms with van der Waals surface area (Å²) in [5.41, 5.74) is 3.33. The number of nitrogens with zero attached hydrogens (tertiary/aromatic N) is 2. The standard InChI is InChI=1S/C22H22FN3O5S.C2HF3O2/c1-22(21(28)25-29,32(2,30)31)11-12-26-13-18-19(24-26)10-9-17(20(18)23)8-7-15-3-5-16(14-27)6-4-15;3-2(4,5)1(6)7/h3-6,9-10,13,27,29H,11-12,14H2,1-2H3,(H,25,28);(H,6,7)/t22-;/m1./s1. The van der Waals surface area contributed by atoms with Gasteiger partial charge in [0.15, 0.2) is 14.6 Å². The first kappa shape index (κ1) is 31.2. The average molecular weight is 574 g/mol. The van der Waals surface area contributed by atoms with Crippen LogP contribution >= 0.6 is 0 Å². The summed E-state index contributed by atoms with van der Waals surface area (Å²) in [6, 6.07) is 10.0. The molecule has 3 aromatic rings. The Labute approximate surface area is 219 Å². The zero-order valence-corrected chi connectivity index (χ0v) is 21.3. The molecule has 2 aromatic carbocycles. The summed E-state index contributed by atoms with van der Waals surface area (Å²) < 4.78 is 70.3. The van der Waals surface area contributed by atoms with Gasteiger partial charge in [0.1, 0.15) is 5.82 Å². The molecule has 0 unspecified atom stereocenters. The largest absolute Gasteiger partial charge is 0.490 e. The van der Waals surface area contributed by atoms with Crippen molar-refractivity contribution in [2.24, 2.45) is 0 Å². The number of benzene rings is 2. The van der Waals surface area contributed by atoms with E-state index in [0.717, 1.165) is 11.8 Å². The number of aliphatic hydroxyl groups excluding tert-OH is 1. The van der Waals surface area contributed by atoms with Crippen molar-refractivity contribution in [2.75, 3.05) is 6.26 Å². The quantitative estimate of drug-likeness (QED) is 0.151. The van der Waals surface area contributed by atoms with Crippen molar-refractivity contribution in [3.8, 4) is 11.8 Å². The number of amides is 1. The second-order valence-corrected chi connectivity index (χ2v) is 10.8. The average Bonchev–Trinajstić information content (AvgIpc) is 3.30. The molecule has 1 heterocycles. The van der Waals surface area contributed by atoms with E-state index < -0.39 is 38.5 Å². The number of hydroxylamine groups is 1. The van der Waals surface area contributed by atoms with Crippen LogP contribution in [0.15, 0.2) is 42.6 Å². The van der Waals surface area contributed by atoms with Crippen molar-refractivity contribution in [1.29, 1.82) is 0 Å². The van der Waals surface area contributed by atoms with Crippen molar-refractivity contribution >= 4 is 32.6 Å². The van der Waals surface area contributed by atoms with Crippen molar-refractivity contribution in [2.45, 2.75) is 37.4 Å². The first-order valence-electron chi connectivity index (χ1n) is 10.8. The van der Waals surface area contributed by atoms with E-state index in [0.29, 0.717) is 11.1 Å². The number of rotatable bonds is 6. The fourth-order valence-corrected chi connectivity index (χ4v) is 3.91. The number of alkyl halides is 3. The molecule has 0 fully saturated rings. The maximum Gasteiger partial charge on any atom is 0.490 e. The third-order valence-corrected chi connectivity index (χ3v) is 7.64. The first-order valence-corrected chi connectivity index (χ1v) is 12.7. The van der Waals surface area contributed by atoms with Crippen LogP contribution in [0.25, 0.3) is 10.9 Å². The highest BCUT2D eigenvalue weighted by Gasteiger charge is 2.43. The van der Waals surface area contributed by atoms with Crippen LogP contribution in [0.1, 0.15) is 30.0 Å². The van der Waals surface area contributed by atoms with E-state index in [-0.39, 0.29) is 30.5 Å². The highest BCUT2D eigenvalue weighted by molar-refractivity contribution is 7.92. The molecule has 1 atom stereocenters. The highest BCUT2D eigenvalue weighted by atomic mass is 32.2. The third kappa shape index (κ3) is 7.76. The molecule has 0 aliphatic heterocycles. The van der Waals surface area contributed by atoms with Gasteiger partial charge in [0.2, 0.25) is 0 Å². The number of sulfone groups is 1. The van der Waals surface area contributed by atoms with Crippen LogP contribution in [0.2, 0.25) is 0 Å². The molecule has 0 radical (unpaired) electrons. The minimum atomic E-state index is -5.08. The summed E-state index contributed by atoms with van der Waals surface area (Å²) in [6.45, 7) is 1.14. The molecule has 0 aliphatic carbocycles. The summed E-state index contributed by atoms with van der Waals surface area (Å²) in [7, 11) is -3.85. The van der Waals surface area contributed by atoms with Crippen LogP contribution in [0.4, 0.5) is 17.6 Å². The Bertz CT molecular complexity index is 1530. The monoisotopic (exact) mass is 573 g/mol. The maximum atomic E-state index is 15.0. The van der Waals surface area contributed by atoms with E-state index in [1.54, 1.807) is 30.3 Å². The maximum absolute atomic E-state index is 15.0. The molecular formula is C24H23F4N3O7S. The zero-order chi connectivity index (χ0) is 29.6. The SMILES string of the molecule is C[C@@](CCn1cc2c(F)c(C#Cc3ccc(CO)cc3)ccc2n1)(C(=O)NO)S(C)(=O)=O.O=C(O)C(F)(F)F. The highest BCUT2D eigenvalue weighted by Crippen LogP contribution is 2.24. The van der Waals surface area contributed by atoms with Crippen LogP contribution in [0.3, 0.4) is 0 Å². The Balaban J connectivity index is 0.000000673. The van der Waals surface area contributed by atoms with Crippen molar-refractivity contribution in [3.63, 3.8) is 0 Å². The predicted octanol–water partition coefficient (Wildman–Crippen LogP) is 2.40. The zero-order valence-electron chi connectivity index (χ0n) is 20.5. The molecule has 0 spiro atoms. The van der Waals surface area contributed by atoms with Gasteiger partial charge in [0.25, 0.3) is 5.91 Å². The number of fused-ring (bicyclic) bond motifs is 1. The third-order valence-electron chi connectivity index (χ3n) is 5.61.